The molecule has 1 aromatic heterocycles. The summed E-state index contributed by atoms with van der Waals surface area (Å²) in [7, 11) is 0. The van der Waals surface area contributed by atoms with Crippen LogP contribution in [0.5, 0.6) is 0 Å². The molecule has 1 N–H and O–H groups in total. The highest BCUT2D eigenvalue weighted by Gasteiger charge is 2.64. The van der Waals surface area contributed by atoms with Crippen LogP contribution in [0.15, 0.2) is 0 Å². The standard InChI is InChI=1S/C14H20N2S/c1-7-8(2)17-11(16-7)6-15-14-12-9-3-4-10(5-9)13(12)14/h9-10,12-15H,3-6H2,1-2H3. The molecule has 3 aliphatic rings. The molecule has 4 atom stereocenters. The van der Waals surface area contributed by atoms with Gasteiger partial charge in [0.05, 0.1) is 5.69 Å². The van der Waals surface area contributed by atoms with Crippen molar-refractivity contribution in [2.75, 3.05) is 0 Å². The van der Waals surface area contributed by atoms with Crippen molar-refractivity contribution in [2.45, 2.75) is 45.7 Å². The number of thiazole rings is 1. The fourth-order valence-corrected chi connectivity index (χ4v) is 5.30. The topological polar surface area (TPSA) is 24.9 Å². The van der Waals surface area contributed by atoms with E-state index in [1.165, 1.54) is 28.4 Å². The molecule has 3 fully saturated rings. The van der Waals surface area contributed by atoms with Crippen molar-refractivity contribution >= 4 is 11.3 Å². The predicted molar refractivity (Wildman–Crippen MR) is 70.0 cm³/mol. The highest BCUT2D eigenvalue weighted by atomic mass is 32.1. The summed E-state index contributed by atoms with van der Waals surface area (Å²) < 4.78 is 0. The van der Waals surface area contributed by atoms with E-state index < -0.39 is 0 Å². The summed E-state index contributed by atoms with van der Waals surface area (Å²) in [5, 5.41) is 5.04. The summed E-state index contributed by atoms with van der Waals surface area (Å²) >= 11 is 1.86. The van der Waals surface area contributed by atoms with Gasteiger partial charge in [-0.2, -0.15) is 0 Å². The summed E-state index contributed by atoms with van der Waals surface area (Å²) in [6.07, 6.45) is 4.57. The van der Waals surface area contributed by atoms with Gasteiger partial charge in [0.25, 0.3) is 0 Å². The van der Waals surface area contributed by atoms with E-state index in [0.29, 0.717) is 0 Å². The second kappa shape index (κ2) is 3.55. The Morgan fingerprint density at radius 2 is 1.94 bits per heavy atom. The van der Waals surface area contributed by atoms with Crippen LogP contribution in [0.1, 0.15) is 34.8 Å². The third kappa shape index (κ3) is 1.52. The minimum Gasteiger partial charge on any atom is -0.307 e. The van der Waals surface area contributed by atoms with E-state index in [9.17, 15) is 0 Å². The molecule has 0 amide bonds. The fourth-order valence-electron chi connectivity index (χ4n) is 4.42. The lowest BCUT2D eigenvalue weighted by Crippen LogP contribution is -2.22. The van der Waals surface area contributed by atoms with Gasteiger partial charge in [0.2, 0.25) is 0 Å². The van der Waals surface area contributed by atoms with Gasteiger partial charge in [0.15, 0.2) is 0 Å². The zero-order chi connectivity index (χ0) is 11.6. The van der Waals surface area contributed by atoms with Gasteiger partial charge in [-0.15, -0.1) is 11.3 Å². The molecule has 17 heavy (non-hydrogen) atoms. The van der Waals surface area contributed by atoms with Gasteiger partial charge in [-0.3, -0.25) is 0 Å². The van der Waals surface area contributed by atoms with E-state index in [2.05, 4.69) is 24.1 Å². The fraction of sp³-hybridized carbons (Fsp3) is 0.786. The number of fused-ring (bicyclic) bond motifs is 5. The minimum absolute atomic E-state index is 0.839. The molecule has 4 rings (SSSR count). The predicted octanol–water partition coefficient (Wildman–Crippen LogP) is 2.89. The Morgan fingerprint density at radius 1 is 1.24 bits per heavy atom. The second-order valence-corrected chi connectivity index (χ2v) is 7.43. The van der Waals surface area contributed by atoms with E-state index in [1.807, 2.05) is 11.3 Å². The van der Waals surface area contributed by atoms with Crippen molar-refractivity contribution in [3.05, 3.63) is 15.6 Å². The quantitative estimate of drug-likeness (QED) is 0.889. The van der Waals surface area contributed by atoms with Crippen LogP contribution in [-0.2, 0) is 6.54 Å². The van der Waals surface area contributed by atoms with E-state index >= 15 is 0 Å². The number of rotatable bonds is 3. The van der Waals surface area contributed by atoms with Gasteiger partial charge in [0, 0.05) is 17.5 Å². The van der Waals surface area contributed by atoms with Gasteiger partial charge >= 0.3 is 0 Å². The highest BCUT2D eigenvalue weighted by molar-refractivity contribution is 7.11. The number of hydrogen-bond acceptors (Lipinski definition) is 3. The van der Waals surface area contributed by atoms with Crippen LogP contribution >= 0.6 is 11.3 Å². The van der Waals surface area contributed by atoms with Crippen LogP contribution in [0.4, 0.5) is 0 Å². The van der Waals surface area contributed by atoms with Crippen molar-refractivity contribution in [3.8, 4) is 0 Å². The molecular weight excluding hydrogens is 228 g/mol. The average Bonchev–Trinajstić information content (AvgIpc) is 2.64. The molecular formula is C14H20N2S. The Hall–Kier alpha value is -0.410. The molecule has 2 bridgehead atoms. The SMILES string of the molecule is Cc1nc(CNC2C3C4CCC(C4)C23)sc1C. The molecule has 0 aromatic carbocycles. The van der Waals surface area contributed by atoms with E-state index in [0.717, 1.165) is 36.3 Å². The summed E-state index contributed by atoms with van der Waals surface area (Å²) in [6, 6.07) is 0.839. The van der Waals surface area contributed by atoms with Gasteiger partial charge in [-0.25, -0.2) is 4.98 Å². The molecule has 3 aliphatic carbocycles. The molecule has 0 saturated heterocycles. The van der Waals surface area contributed by atoms with Crippen molar-refractivity contribution in [1.29, 1.82) is 0 Å². The third-order valence-corrected chi connectivity index (χ3v) is 6.37. The summed E-state index contributed by atoms with van der Waals surface area (Å²) in [6.45, 7) is 5.28. The highest BCUT2D eigenvalue weighted by Crippen LogP contribution is 2.65. The number of aromatic nitrogens is 1. The van der Waals surface area contributed by atoms with Crippen molar-refractivity contribution in [2.24, 2.45) is 23.7 Å². The molecule has 1 heterocycles. The first kappa shape index (κ1) is 10.5. The Labute approximate surface area is 107 Å². The number of nitrogens with one attached hydrogen (secondary N) is 1. The summed E-state index contributed by atoms with van der Waals surface area (Å²) in [4.78, 5) is 5.99. The molecule has 4 unspecified atom stereocenters. The Morgan fingerprint density at radius 3 is 2.53 bits per heavy atom. The van der Waals surface area contributed by atoms with E-state index in [1.54, 1.807) is 6.42 Å². The van der Waals surface area contributed by atoms with E-state index in [4.69, 9.17) is 0 Å². The summed E-state index contributed by atoms with van der Waals surface area (Å²) in [5.41, 5.74) is 1.21. The van der Waals surface area contributed by atoms with Crippen LogP contribution < -0.4 is 5.32 Å². The maximum Gasteiger partial charge on any atom is 0.107 e. The molecule has 3 saturated carbocycles. The van der Waals surface area contributed by atoms with Crippen LogP contribution in [0.3, 0.4) is 0 Å². The Balaban J connectivity index is 1.38. The summed E-state index contributed by atoms with van der Waals surface area (Å²) in [5.74, 6) is 4.22. The first-order valence-electron chi connectivity index (χ1n) is 6.90. The van der Waals surface area contributed by atoms with Crippen LogP contribution in [-0.4, -0.2) is 11.0 Å². The van der Waals surface area contributed by atoms with Crippen LogP contribution in [0.2, 0.25) is 0 Å². The van der Waals surface area contributed by atoms with Gasteiger partial charge in [0.1, 0.15) is 5.01 Å². The lowest BCUT2D eigenvalue weighted by molar-refractivity contribution is 0.456. The molecule has 3 heteroatoms. The number of nitrogens with zero attached hydrogens (tertiary/aromatic N) is 1. The zero-order valence-corrected chi connectivity index (χ0v) is 11.4. The Kier molecular flexibility index (Phi) is 2.19. The van der Waals surface area contributed by atoms with Gasteiger partial charge in [-0.05, 0) is 56.8 Å². The molecule has 2 nitrogen and oxygen atoms in total. The van der Waals surface area contributed by atoms with Gasteiger partial charge in [-0.1, -0.05) is 0 Å². The smallest absolute Gasteiger partial charge is 0.107 e. The lowest BCUT2D eigenvalue weighted by Gasteiger charge is -2.09. The maximum absolute atomic E-state index is 4.61. The third-order valence-electron chi connectivity index (χ3n) is 5.30. The molecule has 0 aliphatic heterocycles. The second-order valence-electron chi connectivity index (χ2n) is 6.14. The van der Waals surface area contributed by atoms with Gasteiger partial charge < -0.3 is 5.32 Å². The van der Waals surface area contributed by atoms with Crippen molar-refractivity contribution in [3.63, 3.8) is 0 Å². The minimum atomic E-state index is 0.839. The van der Waals surface area contributed by atoms with Crippen LogP contribution in [0.25, 0.3) is 0 Å². The van der Waals surface area contributed by atoms with Crippen LogP contribution in [0, 0.1) is 37.5 Å². The molecule has 0 spiro atoms. The van der Waals surface area contributed by atoms with E-state index in [-0.39, 0.29) is 0 Å². The monoisotopic (exact) mass is 248 g/mol. The Bertz CT molecular complexity index is 418. The molecule has 1 aromatic rings. The number of aryl methyl sites for hydroxylation is 2. The lowest BCUT2D eigenvalue weighted by atomic mass is 10.0. The maximum atomic E-state index is 4.61. The van der Waals surface area contributed by atoms with Crippen molar-refractivity contribution < 1.29 is 0 Å². The van der Waals surface area contributed by atoms with Crippen molar-refractivity contribution in [1.82, 2.24) is 10.3 Å². The molecule has 0 radical (unpaired) electrons. The zero-order valence-electron chi connectivity index (χ0n) is 10.6. The largest absolute Gasteiger partial charge is 0.307 e. The first-order chi connectivity index (χ1) is 8.24. The molecule has 92 valence electrons. The normalized spacial score (nSPS) is 41.9. The average molecular weight is 248 g/mol. The first-order valence-corrected chi connectivity index (χ1v) is 7.72. The number of hydrogen-bond donors (Lipinski definition) is 1.